The van der Waals surface area contributed by atoms with Gasteiger partial charge in [-0.3, -0.25) is 4.98 Å². The molecule has 88 valence electrons. The molecule has 0 saturated carbocycles. The number of aryl methyl sites for hydroxylation is 1. The minimum Gasteiger partial charge on any atom is -0.462 e. The van der Waals surface area contributed by atoms with Crippen LogP contribution in [-0.4, -0.2) is 17.6 Å². The normalized spacial score (nSPS) is 10.5. The molecule has 0 amide bonds. The van der Waals surface area contributed by atoms with Crippen LogP contribution in [-0.2, 0) is 4.74 Å². The van der Waals surface area contributed by atoms with Crippen LogP contribution in [0.2, 0.25) is 5.02 Å². The highest BCUT2D eigenvalue weighted by molar-refractivity contribution is 6.35. The van der Waals surface area contributed by atoms with Crippen LogP contribution in [0.15, 0.2) is 24.3 Å². The highest BCUT2D eigenvalue weighted by Crippen LogP contribution is 2.23. The molecule has 0 atom stereocenters. The Hall–Kier alpha value is -1.61. The summed E-state index contributed by atoms with van der Waals surface area (Å²) in [4.78, 5) is 16.0. The molecular formula is C13H12ClNO2. The fourth-order valence-electron chi connectivity index (χ4n) is 1.67. The van der Waals surface area contributed by atoms with Gasteiger partial charge in [0.25, 0.3) is 0 Å². The number of aromatic nitrogens is 1. The smallest absolute Gasteiger partial charge is 0.339 e. The van der Waals surface area contributed by atoms with Crippen LogP contribution in [0.4, 0.5) is 0 Å². The van der Waals surface area contributed by atoms with Crippen molar-refractivity contribution >= 4 is 28.5 Å². The molecule has 3 nitrogen and oxygen atoms in total. The third-order valence-corrected chi connectivity index (χ3v) is 2.79. The second-order valence-corrected chi connectivity index (χ2v) is 4.06. The molecule has 0 N–H and O–H groups in total. The maximum atomic E-state index is 11.7. The number of para-hydroxylation sites is 1. The molecule has 1 heterocycles. The van der Waals surface area contributed by atoms with Crippen molar-refractivity contribution in [2.45, 2.75) is 13.8 Å². The van der Waals surface area contributed by atoms with Gasteiger partial charge in [0.1, 0.15) is 0 Å². The average Bonchev–Trinajstić information content (AvgIpc) is 2.30. The van der Waals surface area contributed by atoms with Crippen LogP contribution in [0.5, 0.6) is 0 Å². The third-order valence-electron chi connectivity index (χ3n) is 2.48. The second-order valence-electron chi connectivity index (χ2n) is 3.65. The van der Waals surface area contributed by atoms with Crippen LogP contribution >= 0.6 is 11.6 Å². The molecule has 0 aliphatic rings. The summed E-state index contributed by atoms with van der Waals surface area (Å²) in [7, 11) is 0. The van der Waals surface area contributed by atoms with E-state index in [-0.39, 0.29) is 5.97 Å². The topological polar surface area (TPSA) is 39.2 Å². The summed E-state index contributed by atoms with van der Waals surface area (Å²) in [5.41, 5.74) is 1.82. The summed E-state index contributed by atoms with van der Waals surface area (Å²) >= 11 is 6.04. The van der Waals surface area contributed by atoms with Gasteiger partial charge < -0.3 is 4.74 Å². The average molecular weight is 250 g/mol. The van der Waals surface area contributed by atoms with Gasteiger partial charge in [0.2, 0.25) is 0 Å². The van der Waals surface area contributed by atoms with Gasteiger partial charge in [0.15, 0.2) is 0 Å². The van der Waals surface area contributed by atoms with Crippen LogP contribution < -0.4 is 0 Å². The molecule has 17 heavy (non-hydrogen) atoms. The van der Waals surface area contributed by atoms with Gasteiger partial charge in [-0.25, -0.2) is 4.79 Å². The van der Waals surface area contributed by atoms with Crippen LogP contribution in [0.1, 0.15) is 23.0 Å². The summed E-state index contributed by atoms with van der Waals surface area (Å²) in [5, 5.41) is 1.42. The molecule has 0 spiro atoms. The minimum atomic E-state index is -0.348. The first-order valence-electron chi connectivity index (χ1n) is 5.36. The number of ether oxygens (including phenoxy) is 1. The molecule has 0 saturated heterocycles. The molecule has 2 rings (SSSR count). The van der Waals surface area contributed by atoms with E-state index in [9.17, 15) is 4.79 Å². The number of carbonyl (C=O) groups excluding carboxylic acids is 1. The van der Waals surface area contributed by atoms with Crippen molar-refractivity contribution in [1.82, 2.24) is 4.98 Å². The SMILES string of the molecule is CCOC(=O)c1cc2cccc(Cl)c2nc1C. The fourth-order valence-corrected chi connectivity index (χ4v) is 1.89. The van der Waals surface area contributed by atoms with Crippen molar-refractivity contribution < 1.29 is 9.53 Å². The minimum absolute atomic E-state index is 0.348. The lowest BCUT2D eigenvalue weighted by atomic mass is 10.1. The highest BCUT2D eigenvalue weighted by atomic mass is 35.5. The fraction of sp³-hybridized carbons (Fsp3) is 0.231. The number of benzene rings is 1. The monoisotopic (exact) mass is 249 g/mol. The van der Waals surface area contributed by atoms with Crippen molar-refractivity contribution in [1.29, 1.82) is 0 Å². The Morgan fingerprint density at radius 2 is 2.24 bits per heavy atom. The molecule has 1 aromatic carbocycles. The standard InChI is InChI=1S/C13H12ClNO2/c1-3-17-13(16)10-7-9-5-4-6-11(14)12(9)15-8(10)2/h4-7H,3H2,1-2H3. The summed E-state index contributed by atoms with van der Waals surface area (Å²) in [6, 6.07) is 7.24. The van der Waals surface area contributed by atoms with E-state index < -0.39 is 0 Å². The Morgan fingerprint density at radius 3 is 2.94 bits per heavy atom. The molecule has 4 heteroatoms. The maximum Gasteiger partial charge on any atom is 0.339 e. The summed E-state index contributed by atoms with van der Waals surface area (Å²) in [6.07, 6.45) is 0. The summed E-state index contributed by atoms with van der Waals surface area (Å²) < 4.78 is 4.98. The number of fused-ring (bicyclic) bond motifs is 1. The molecular weight excluding hydrogens is 238 g/mol. The predicted molar refractivity (Wildman–Crippen MR) is 67.4 cm³/mol. The van der Waals surface area contributed by atoms with E-state index in [1.54, 1.807) is 26.0 Å². The Kier molecular flexibility index (Phi) is 3.29. The Labute approximate surface area is 104 Å². The Bertz CT molecular complexity index is 581. The van der Waals surface area contributed by atoms with Gasteiger partial charge in [0, 0.05) is 5.39 Å². The zero-order valence-electron chi connectivity index (χ0n) is 9.66. The van der Waals surface area contributed by atoms with Crippen LogP contribution in [0.25, 0.3) is 10.9 Å². The first-order valence-corrected chi connectivity index (χ1v) is 5.74. The molecule has 0 bridgehead atoms. The van der Waals surface area contributed by atoms with Gasteiger partial charge >= 0.3 is 5.97 Å². The highest BCUT2D eigenvalue weighted by Gasteiger charge is 2.13. The number of halogens is 1. The molecule has 0 fully saturated rings. The predicted octanol–water partition coefficient (Wildman–Crippen LogP) is 3.37. The quantitative estimate of drug-likeness (QED) is 0.766. The maximum absolute atomic E-state index is 11.7. The molecule has 2 aromatic rings. The number of rotatable bonds is 2. The van der Waals surface area contributed by atoms with E-state index in [0.29, 0.717) is 28.4 Å². The number of pyridine rings is 1. The number of hydrogen-bond donors (Lipinski definition) is 0. The molecule has 1 aromatic heterocycles. The van der Waals surface area contributed by atoms with E-state index in [1.165, 1.54) is 0 Å². The molecule has 0 unspecified atom stereocenters. The van der Waals surface area contributed by atoms with Crippen LogP contribution in [0.3, 0.4) is 0 Å². The van der Waals surface area contributed by atoms with E-state index in [0.717, 1.165) is 5.39 Å². The first kappa shape index (κ1) is 11.9. The second kappa shape index (κ2) is 4.72. The van der Waals surface area contributed by atoms with Crippen molar-refractivity contribution in [3.63, 3.8) is 0 Å². The largest absolute Gasteiger partial charge is 0.462 e. The van der Waals surface area contributed by atoms with Crippen molar-refractivity contribution in [3.05, 3.63) is 40.5 Å². The van der Waals surface area contributed by atoms with Crippen molar-refractivity contribution in [2.24, 2.45) is 0 Å². The van der Waals surface area contributed by atoms with E-state index in [2.05, 4.69) is 4.98 Å². The van der Waals surface area contributed by atoms with Gasteiger partial charge in [-0.15, -0.1) is 0 Å². The number of nitrogens with zero attached hydrogens (tertiary/aromatic N) is 1. The Morgan fingerprint density at radius 1 is 1.47 bits per heavy atom. The molecule has 0 aliphatic carbocycles. The number of esters is 1. The van der Waals surface area contributed by atoms with Gasteiger partial charge in [-0.05, 0) is 26.0 Å². The van der Waals surface area contributed by atoms with Gasteiger partial charge in [0.05, 0.1) is 28.4 Å². The zero-order valence-corrected chi connectivity index (χ0v) is 10.4. The van der Waals surface area contributed by atoms with E-state index >= 15 is 0 Å². The summed E-state index contributed by atoms with van der Waals surface area (Å²) in [6.45, 7) is 3.90. The van der Waals surface area contributed by atoms with Crippen molar-refractivity contribution in [2.75, 3.05) is 6.61 Å². The summed E-state index contributed by atoms with van der Waals surface area (Å²) in [5.74, 6) is -0.348. The number of carbonyl (C=O) groups is 1. The molecule has 0 aliphatic heterocycles. The van der Waals surface area contributed by atoms with Gasteiger partial charge in [-0.2, -0.15) is 0 Å². The number of hydrogen-bond acceptors (Lipinski definition) is 3. The lowest BCUT2D eigenvalue weighted by Crippen LogP contribution is -2.08. The first-order chi connectivity index (χ1) is 8.13. The Balaban J connectivity index is 2.60. The lowest BCUT2D eigenvalue weighted by Gasteiger charge is -2.07. The van der Waals surface area contributed by atoms with Crippen molar-refractivity contribution in [3.8, 4) is 0 Å². The van der Waals surface area contributed by atoms with E-state index in [1.807, 2.05) is 12.1 Å². The third kappa shape index (κ3) is 2.24. The lowest BCUT2D eigenvalue weighted by molar-refractivity contribution is 0.0525. The van der Waals surface area contributed by atoms with Gasteiger partial charge in [-0.1, -0.05) is 23.7 Å². The molecule has 0 radical (unpaired) electrons. The van der Waals surface area contributed by atoms with E-state index in [4.69, 9.17) is 16.3 Å². The zero-order chi connectivity index (χ0) is 12.4. The van der Waals surface area contributed by atoms with Crippen LogP contribution in [0, 0.1) is 6.92 Å².